The van der Waals surface area contributed by atoms with E-state index in [0.29, 0.717) is 6.54 Å². The van der Waals surface area contributed by atoms with Crippen LogP contribution in [-0.4, -0.2) is 30.4 Å². The molecule has 3 heteroatoms. The van der Waals surface area contributed by atoms with Gasteiger partial charge in [-0.3, -0.25) is 4.79 Å². The highest BCUT2D eigenvalue weighted by Crippen LogP contribution is 2.20. The Morgan fingerprint density at radius 1 is 1.26 bits per heavy atom. The molecule has 0 saturated carbocycles. The third-order valence-corrected chi connectivity index (χ3v) is 4.15. The summed E-state index contributed by atoms with van der Waals surface area (Å²) in [5.74, 6) is 0.167. The van der Waals surface area contributed by atoms with Crippen LogP contribution in [0.5, 0.6) is 0 Å². The molecular formula is C16H24N2O. The summed E-state index contributed by atoms with van der Waals surface area (Å²) in [6.07, 6.45) is 3.03. The van der Waals surface area contributed by atoms with Gasteiger partial charge in [-0.15, -0.1) is 0 Å². The monoisotopic (exact) mass is 260 g/mol. The number of nitrogens with zero attached hydrogens (tertiary/aromatic N) is 1. The van der Waals surface area contributed by atoms with E-state index in [1.807, 2.05) is 4.90 Å². The summed E-state index contributed by atoms with van der Waals surface area (Å²) in [6.45, 7) is 6.46. The summed E-state index contributed by atoms with van der Waals surface area (Å²) in [4.78, 5) is 14.4. The van der Waals surface area contributed by atoms with Crippen molar-refractivity contribution >= 4 is 5.91 Å². The lowest BCUT2D eigenvalue weighted by Crippen LogP contribution is -2.38. The second-order valence-corrected chi connectivity index (χ2v) is 5.54. The number of nitrogens with two attached hydrogens (primary N) is 1. The van der Waals surface area contributed by atoms with Gasteiger partial charge in [0, 0.05) is 19.6 Å². The normalized spacial score (nSPS) is 16.7. The summed E-state index contributed by atoms with van der Waals surface area (Å²) in [5.41, 5.74) is 9.64. The molecule has 2 N–H and O–H groups in total. The summed E-state index contributed by atoms with van der Waals surface area (Å²) in [6, 6.07) is 6.28. The Hall–Kier alpha value is -1.35. The van der Waals surface area contributed by atoms with E-state index in [2.05, 4.69) is 32.0 Å². The van der Waals surface area contributed by atoms with Crippen LogP contribution in [-0.2, 0) is 11.2 Å². The fourth-order valence-electron chi connectivity index (χ4n) is 2.88. The SMILES string of the molecule is Cc1cccc(C)c1CC(CN)C(=O)N1CCCC1. The van der Waals surface area contributed by atoms with Crippen LogP contribution in [0.15, 0.2) is 18.2 Å². The molecule has 0 bridgehead atoms. The molecule has 0 aliphatic carbocycles. The summed E-state index contributed by atoms with van der Waals surface area (Å²) in [7, 11) is 0. The molecule has 1 aliphatic rings. The lowest BCUT2D eigenvalue weighted by Gasteiger charge is -2.23. The van der Waals surface area contributed by atoms with Crippen LogP contribution in [0.25, 0.3) is 0 Å². The van der Waals surface area contributed by atoms with E-state index in [0.717, 1.165) is 32.4 Å². The van der Waals surface area contributed by atoms with Crippen LogP contribution in [0.3, 0.4) is 0 Å². The van der Waals surface area contributed by atoms with Gasteiger partial charge < -0.3 is 10.6 Å². The Labute approximate surface area is 115 Å². The van der Waals surface area contributed by atoms with E-state index < -0.39 is 0 Å². The van der Waals surface area contributed by atoms with E-state index in [4.69, 9.17) is 5.73 Å². The zero-order chi connectivity index (χ0) is 13.8. The number of hydrogen-bond donors (Lipinski definition) is 1. The summed E-state index contributed by atoms with van der Waals surface area (Å²) >= 11 is 0. The molecule has 0 spiro atoms. The molecule has 1 fully saturated rings. The molecule has 1 unspecified atom stereocenters. The number of benzene rings is 1. The number of rotatable bonds is 4. The maximum atomic E-state index is 12.4. The van der Waals surface area contributed by atoms with Crippen molar-refractivity contribution in [2.24, 2.45) is 11.7 Å². The second kappa shape index (κ2) is 6.20. The molecule has 1 atom stereocenters. The Bertz CT molecular complexity index is 430. The maximum Gasteiger partial charge on any atom is 0.227 e. The maximum absolute atomic E-state index is 12.4. The molecule has 1 aromatic carbocycles. The minimum Gasteiger partial charge on any atom is -0.342 e. The highest BCUT2D eigenvalue weighted by Gasteiger charge is 2.26. The fourth-order valence-corrected chi connectivity index (χ4v) is 2.88. The Morgan fingerprint density at radius 2 is 1.84 bits per heavy atom. The van der Waals surface area contributed by atoms with E-state index in [9.17, 15) is 4.79 Å². The Balaban J connectivity index is 2.12. The molecular weight excluding hydrogens is 236 g/mol. The summed E-state index contributed by atoms with van der Waals surface area (Å²) < 4.78 is 0. The molecule has 104 valence electrons. The molecule has 1 aromatic rings. The smallest absolute Gasteiger partial charge is 0.227 e. The van der Waals surface area contributed by atoms with E-state index in [1.54, 1.807) is 0 Å². The standard InChI is InChI=1S/C16H24N2O/c1-12-6-5-7-13(2)15(12)10-14(11-17)16(19)18-8-3-4-9-18/h5-7,14H,3-4,8-11,17H2,1-2H3. The molecule has 1 heterocycles. The molecule has 19 heavy (non-hydrogen) atoms. The van der Waals surface area contributed by atoms with Gasteiger partial charge >= 0.3 is 0 Å². The third-order valence-electron chi connectivity index (χ3n) is 4.15. The van der Waals surface area contributed by atoms with Gasteiger partial charge in [-0.2, -0.15) is 0 Å². The van der Waals surface area contributed by atoms with Gasteiger partial charge in [-0.05, 0) is 49.8 Å². The average Bonchev–Trinajstić information content (AvgIpc) is 2.92. The molecule has 2 rings (SSSR count). The third kappa shape index (κ3) is 3.16. The number of carbonyl (C=O) groups is 1. The van der Waals surface area contributed by atoms with Crippen molar-refractivity contribution in [2.75, 3.05) is 19.6 Å². The van der Waals surface area contributed by atoms with Crippen molar-refractivity contribution < 1.29 is 4.79 Å². The van der Waals surface area contributed by atoms with Gasteiger partial charge in [0.15, 0.2) is 0 Å². The largest absolute Gasteiger partial charge is 0.342 e. The first-order valence-electron chi connectivity index (χ1n) is 7.17. The molecule has 0 aromatic heterocycles. The molecule has 0 radical (unpaired) electrons. The van der Waals surface area contributed by atoms with Crippen LogP contribution in [0, 0.1) is 19.8 Å². The number of carbonyl (C=O) groups excluding carboxylic acids is 1. The van der Waals surface area contributed by atoms with Crippen molar-refractivity contribution in [3.8, 4) is 0 Å². The lowest BCUT2D eigenvalue weighted by molar-refractivity contribution is -0.134. The fraction of sp³-hybridized carbons (Fsp3) is 0.562. The first-order chi connectivity index (χ1) is 9.13. The van der Waals surface area contributed by atoms with Crippen LogP contribution in [0.4, 0.5) is 0 Å². The number of amides is 1. The highest BCUT2D eigenvalue weighted by molar-refractivity contribution is 5.79. The Morgan fingerprint density at radius 3 is 2.37 bits per heavy atom. The van der Waals surface area contributed by atoms with E-state index in [-0.39, 0.29) is 11.8 Å². The van der Waals surface area contributed by atoms with Gasteiger partial charge in [0.05, 0.1) is 5.92 Å². The van der Waals surface area contributed by atoms with Gasteiger partial charge in [0.1, 0.15) is 0 Å². The van der Waals surface area contributed by atoms with Crippen molar-refractivity contribution in [3.05, 3.63) is 34.9 Å². The molecule has 1 amide bonds. The van der Waals surface area contributed by atoms with Gasteiger partial charge in [-0.25, -0.2) is 0 Å². The van der Waals surface area contributed by atoms with Crippen molar-refractivity contribution in [1.29, 1.82) is 0 Å². The van der Waals surface area contributed by atoms with Crippen molar-refractivity contribution in [1.82, 2.24) is 4.90 Å². The second-order valence-electron chi connectivity index (χ2n) is 5.54. The van der Waals surface area contributed by atoms with Crippen LogP contribution >= 0.6 is 0 Å². The van der Waals surface area contributed by atoms with E-state index in [1.165, 1.54) is 16.7 Å². The first-order valence-corrected chi connectivity index (χ1v) is 7.17. The Kier molecular flexibility index (Phi) is 4.59. The van der Waals surface area contributed by atoms with Crippen molar-refractivity contribution in [3.63, 3.8) is 0 Å². The highest BCUT2D eigenvalue weighted by atomic mass is 16.2. The van der Waals surface area contributed by atoms with Gasteiger partial charge in [0.25, 0.3) is 0 Å². The van der Waals surface area contributed by atoms with Gasteiger partial charge in [0.2, 0.25) is 5.91 Å². The van der Waals surface area contributed by atoms with Crippen LogP contribution in [0.1, 0.15) is 29.5 Å². The van der Waals surface area contributed by atoms with E-state index >= 15 is 0 Å². The quantitative estimate of drug-likeness (QED) is 0.900. The zero-order valence-electron chi connectivity index (χ0n) is 12.0. The predicted molar refractivity (Wildman–Crippen MR) is 78.0 cm³/mol. The molecule has 3 nitrogen and oxygen atoms in total. The zero-order valence-corrected chi connectivity index (χ0v) is 12.0. The number of hydrogen-bond acceptors (Lipinski definition) is 2. The topological polar surface area (TPSA) is 46.3 Å². The minimum absolute atomic E-state index is 0.0714. The number of aryl methyl sites for hydroxylation is 2. The number of likely N-dealkylation sites (tertiary alicyclic amines) is 1. The molecule has 1 aliphatic heterocycles. The van der Waals surface area contributed by atoms with Crippen LogP contribution in [0.2, 0.25) is 0 Å². The average molecular weight is 260 g/mol. The van der Waals surface area contributed by atoms with Gasteiger partial charge in [-0.1, -0.05) is 18.2 Å². The first kappa shape index (κ1) is 14.1. The van der Waals surface area contributed by atoms with Crippen molar-refractivity contribution in [2.45, 2.75) is 33.1 Å². The summed E-state index contributed by atoms with van der Waals surface area (Å²) in [5, 5.41) is 0. The minimum atomic E-state index is -0.0714. The lowest BCUT2D eigenvalue weighted by atomic mass is 9.92. The predicted octanol–water partition coefficient (Wildman–Crippen LogP) is 2.04. The van der Waals surface area contributed by atoms with Crippen LogP contribution < -0.4 is 5.73 Å². The molecule has 1 saturated heterocycles.